The number of hydrogen-bond acceptors (Lipinski definition) is 7. The van der Waals surface area contributed by atoms with Gasteiger partial charge in [-0.1, -0.05) is 11.3 Å². The van der Waals surface area contributed by atoms with E-state index in [1.807, 2.05) is 13.8 Å². The third-order valence-corrected chi connectivity index (χ3v) is 4.30. The number of thiazole rings is 1. The van der Waals surface area contributed by atoms with Gasteiger partial charge in [0.2, 0.25) is 10.1 Å². The van der Waals surface area contributed by atoms with Crippen molar-refractivity contribution in [3.63, 3.8) is 0 Å². The van der Waals surface area contributed by atoms with Gasteiger partial charge in [-0.25, -0.2) is 4.98 Å². The average molecular weight is 297 g/mol. The van der Waals surface area contributed by atoms with Crippen LogP contribution in [-0.4, -0.2) is 39.6 Å². The third-order valence-electron chi connectivity index (χ3n) is 2.51. The van der Waals surface area contributed by atoms with E-state index in [2.05, 4.69) is 20.5 Å². The first-order valence-corrected chi connectivity index (χ1v) is 7.53. The molecule has 2 heterocycles. The molecule has 1 amide bonds. The zero-order valence-electron chi connectivity index (χ0n) is 11.0. The zero-order valence-corrected chi connectivity index (χ0v) is 12.6. The molecular formula is C11H15N5OS2. The van der Waals surface area contributed by atoms with Gasteiger partial charge < -0.3 is 10.2 Å². The number of nitrogens with zero attached hydrogens (tertiary/aromatic N) is 4. The van der Waals surface area contributed by atoms with Crippen LogP contribution in [0.15, 0.2) is 5.51 Å². The molecule has 8 heteroatoms. The van der Waals surface area contributed by atoms with Crippen molar-refractivity contribution in [1.82, 2.24) is 20.1 Å². The van der Waals surface area contributed by atoms with Gasteiger partial charge in [-0.3, -0.25) is 4.79 Å². The molecule has 0 aromatic carbocycles. The number of carbonyl (C=O) groups excluding carboxylic acids is 1. The Hall–Kier alpha value is -1.54. The van der Waals surface area contributed by atoms with Crippen molar-refractivity contribution in [3.8, 4) is 0 Å². The molecule has 0 spiro atoms. The zero-order chi connectivity index (χ0) is 13.8. The molecule has 2 aromatic heterocycles. The van der Waals surface area contributed by atoms with Gasteiger partial charge in [0.05, 0.1) is 17.7 Å². The summed E-state index contributed by atoms with van der Waals surface area (Å²) in [5.41, 5.74) is 2.76. The van der Waals surface area contributed by atoms with E-state index in [-0.39, 0.29) is 5.91 Å². The largest absolute Gasteiger partial charge is 0.360 e. The van der Waals surface area contributed by atoms with Crippen molar-refractivity contribution in [2.45, 2.75) is 20.4 Å². The first-order valence-electron chi connectivity index (χ1n) is 5.83. The molecule has 0 atom stereocenters. The molecular weight excluding hydrogens is 282 g/mol. The van der Waals surface area contributed by atoms with E-state index in [1.54, 1.807) is 28.8 Å². The van der Waals surface area contributed by atoms with Gasteiger partial charge in [-0.2, -0.15) is 0 Å². The Balaban J connectivity index is 2.04. The minimum atomic E-state index is -0.116. The maximum Gasteiger partial charge on any atom is 0.284 e. The van der Waals surface area contributed by atoms with Gasteiger partial charge in [0.15, 0.2) is 0 Å². The smallest absolute Gasteiger partial charge is 0.284 e. The van der Waals surface area contributed by atoms with E-state index in [4.69, 9.17) is 0 Å². The number of amides is 1. The second kappa shape index (κ2) is 6.07. The summed E-state index contributed by atoms with van der Waals surface area (Å²) < 4.78 is 0. The second-order valence-electron chi connectivity index (χ2n) is 3.96. The molecule has 2 aromatic rings. The lowest BCUT2D eigenvalue weighted by Gasteiger charge is -2.14. The molecule has 0 aliphatic carbocycles. The lowest BCUT2D eigenvalue weighted by Crippen LogP contribution is -2.26. The van der Waals surface area contributed by atoms with Crippen LogP contribution in [0.3, 0.4) is 0 Å². The number of nitrogens with one attached hydrogen (secondary N) is 1. The van der Waals surface area contributed by atoms with Crippen LogP contribution in [0.5, 0.6) is 0 Å². The van der Waals surface area contributed by atoms with E-state index < -0.39 is 0 Å². The molecule has 0 saturated carbocycles. The standard InChI is InChI=1S/C11H15N5OS2/c1-4-12-11-15-14-9(19-11)10(17)16(3)5-8-7(2)13-6-18-8/h6H,4-5H2,1-3H3,(H,12,15). The van der Waals surface area contributed by atoms with E-state index in [1.165, 1.54) is 11.3 Å². The Bertz CT molecular complexity index is 565. The van der Waals surface area contributed by atoms with E-state index in [9.17, 15) is 4.79 Å². The molecule has 1 N–H and O–H groups in total. The maximum absolute atomic E-state index is 12.2. The van der Waals surface area contributed by atoms with Gasteiger partial charge in [-0.05, 0) is 13.8 Å². The number of carbonyl (C=O) groups is 1. The molecule has 0 unspecified atom stereocenters. The highest BCUT2D eigenvalue weighted by Gasteiger charge is 2.18. The Morgan fingerprint density at radius 3 is 2.89 bits per heavy atom. The predicted octanol–water partition coefficient (Wildman–Crippen LogP) is 2.01. The maximum atomic E-state index is 12.2. The number of aryl methyl sites for hydroxylation is 1. The minimum absolute atomic E-state index is 0.116. The van der Waals surface area contributed by atoms with Crippen molar-refractivity contribution in [1.29, 1.82) is 0 Å². The van der Waals surface area contributed by atoms with E-state index >= 15 is 0 Å². The quantitative estimate of drug-likeness (QED) is 0.914. The summed E-state index contributed by atoms with van der Waals surface area (Å²) in [6, 6.07) is 0. The lowest BCUT2D eigenvalue weighted by atomic mass is 10.3. The summed E-state index contributed by atoms with van der Waals surface area (Å²) in [5, 5.41) is 12.0. The number of rotatable bonds is 5. The molecule has 102 valence electrons. The van der Waals surface area contributed by atoms with Crippen molar-refractivity contribution in [3.05, 3.63) is 21.1 Å². The molecule has 19 heavy (non-hydrogen) atoms. The normalized spacial score (nSPS) is 10.5. The predicted molar refractivity (Wildman–Crippen MR) is 76.7 cm³/mol. The molecule has 6 nitrogen and oxygen atoms in total. The van der Waals surface area contributed by atoms with E-state index in [0.717, 1.165) is 17.1 Å². The van der Waals surface area contributed by atoms with Crippen LogP contribution < -0.4 is 5.32 Å². The highest BCUT2D eigenvalue weighted by molar-refractivity contribution is 7.17. The summed E-state index contributed by atoms with van der Waals surface area (Å²) >= 11 is 2.83. The van der Waals surface area contributed by atoms with Crippen LogP contribution in [0.2, 0.25) is 0 Å². The molecule has 0 radical (unpaired) electrons. The van der Waals surface area contributed by atoms with Crippen LogP contribution in [0.1, 0.15) is 27.3 Å². The first-order chi connectivity index (χ1) is 9.11. The van der Waals surface area contributed by atoms with Crippen LogP contribution in [0.4, 0.5) is 5.13 Å². The van der Waals surface area contributed by atoms with Crippen molar-refractivity contribution in [2.24, 2.45) is 0 Å². The summed E-state index contributed by atoms with van der Waals surface area (Å²) in [4.78, 5) is 19.1. The van der Waals surface area contributed by atoms with Crippen LogP contribution in [-0.2, 0) is 6.54 Å². The molecule has 2 rings (SSSR count). The van der Waals surface area contributed by atoms with Gasteiger partial charge in [0.1, 0.15) is 0 Å². The fourth-order valence-corrected chi connectivity index (χ4v) is 3.10. The molecule has 0 bridgehead atoms. The Kier molecular flexibility index (Phi) is 4.43. The van der Waals surface area contributed by atoms with Crippen molar-refractivity contribution < 1.29 is 4.79 Å². The van der Waals surface area contributed by atoms with Crippen LogP contribution in [0, 0.1) is 6.92 Å². The number of aromatic nitrogens is 3. The van der Waals surface area contributed by atoms with E-state index in [0.29, 0.717) is 16.7 Å². The first kappa shape index (κ1) is 13.9. The molecule has 0 fully saturated rings. The van der Waals surface area contributed by atoms with Crippen molar-refractivity contribution in [2.75, 3.05) is 18.9 Å². The highest BCUT2D eigenvalue weighted by Crippen LogP contribution is 2.19. The van der Waals surface area contributed by atoms with Crippen LogP contribution >= 0.6 is 22.7 Å². The summed E-state index contributed by atoms with van der Waals surface area (Å²) in [5.74, 6) is -0.116. The Morgan fingerprint density at radius 1 is 1.47 bits per heavy atom. The topological polar surface area (TPSA) is 71.0 Å². The van der Waals surface area contributed by atoms with Gasteiger partial charge in [-0.15, -0.1) is 21.5 Å². The number of hydrogen-bond donors (Lipinski definition) is 1. The molecule has 0 saturated heterocycles. The average Bonchev–Trinajstić information content (AvgIpc) is 2.99. The fraction of sp³-hybridized carbons (Fsp3) is 0.455. The van der Waals surface area contributed by atoms with Gasteiger partial charge in [0.25, 0.3) is 5.91 Å². The van der Waals surface area contributed by atoms with Gasteiger partial charge >= 0.3 is 0 Å². The molecule has 0 aliphatic rings. The monoisotopic (exact) mass is 297 g/mol. The Morgan fingerprint density at radius 2 is 2.26 bits per heavy atom. The lowest BCUT2D eigenvalue weighted by molar-refractivity contribution is 0.0785. The molecule has 0 aliphatic heterocycles. The number of anilines is 1. The summed E-state index contributed by atoms with van der Waals surface area (Å²) in [6.07, 6.45) is 0. The summed E-state index contributed by atoms with van der Waals surface area (Å²) in [7, 11) is 1.76. The highest BCUT2D eigenvalue weighted by atomic mass is 32.1. The van der Waals surface area contributed by atoms with Gasteiger partial charge in [0, 0.05) is 18.5 Å². The minimum Gasteiger partial charge on any atom is -0.360 e. The fourth-order valence-electron chi connectivity index (χ4n) is 1.46. The Labute approximate surface area is 119 Å². The SMILES string of the molecule is CCNc1nnc(C(=O)N(C)Cc2scnc2C)s1. The third kappa shape index (κ3) is 3.27. The van der Waals surface area contributed by atoms with Crippen molar-refractivity contribution >= 4 is 33.7 Å². The second-order valence-corrected chi connectivity index (χ2v) is 5.88. The van der Waals surface area contributed by atoms with Crippen LogP contribution in [0.25, 0.3) is 0 Å². The summed E-state index contributed by atoms with van der Waals surface area (Å²) in [6.45, 7) is 5.23.